The van der Waals surface area contributed by atoms with Crippen LogP contribution in [0, 0.1) is 0 Å². The Bertz CT molecular complexity index is 131. The fourth-order valence-electron chi connectivity index (χ4n) is 1.13. The van der Waals surface area contributed by atoms with Gasteiger partial charge in [-0.25, -0.2) is 0 Å². The van der Waals surface area contributed by atoms with E-state index in [4.69, 9.17) is 12.2 Å². The number of unbranched alkanes of at least 4 members (excludes halogenated alkanes) is 2. The maximum Gasteiger partial charge on any atom is 0.133 e. The van der Waals surface area contributed by atoms with Crippen LogP contribution >= 0.6 is 24.8 Å². The fourth-order valence-corrected chi connectivity index (χ4v) is 1.51. The smallest absolute Gasteiger partial charge is 0.133 e. The molecule has 0 fully saturated rings. The summed E-state index contributed by atoms with van der Waals surface area (Å²) in [5.41, 5.74) is 0. The van der Waals surface area contributed by atoms with Crippen LogP contribution in [0.4, 0.5) is 0 Å². The summed E-state index contributed by atoms with van der Waals surface area (Å²) in [6, 6.07) is 0. The van der Waals surface area contributed by atoms with E-state index in [1.807, 2.05) is 0 Å². The summed E-state index contributed by atoms with van der Waals surface area (Å²) in [7, 11) is 0. The standard InChI is InChI=1S/C9H19NS2.Cu/c1-3-5-6-8-10(7-4-2)9(11)12;/h3-8H2,1-2H3,(H,11,12);. The summed E-state index contributed by atoms with van der Waals surface area (Å²) in [5.74, 6) is 0. The Morgan fingerprint density at radius 1 is 1.15 bits per heavy atom. The second-order valence-corrected chi connectivity index (χ2v) is 4.09. The van der Waals surface area contributed by atoms with Gasteiger partial charge in [0.2, 0.25) is 0 Å². The molecule has 0 aliphatic carbocycles. The summed E-state index contributed by atoms with van der Waals surface area (Å²) < 4.78 is 0.743. The minimum absolute atomic E-state index is 0. The average molecular weight is 269 g/mol. The minimum Gasteiger partial charge on any atom is -0.358 e. The third kappa shape index (κ3) is 9.07. The minimum atomic E-state index is 0. The monoisotopic (exact) mass is 268 g/mol. The molecule has 1 radical (unpaired) electrons. The molecule has 0 spiro atoms. The molecule has 0 bridgehead atoms. The molecule has 0 aromatic carbocycles. The van der Waals surface area contributed by atoms with Crippen molar-refractivity contribution >= 4 is 29.2 Å². The van der Waals surface area contributed by atoms with Crippen LogP contribution in [0.5, 0.6) is 0 Å². The van der Waals surface area contributed by atoms with E-state index >= 15 is 0 Å². The summed E-state index contributed by atoms with van der Waals surface area (Å²) in [5, 5.41) is 0. The van der Waals surface area contributed by atoms with E-state index in [1.54, 1.807) is 0 Å². The fraction of sp³-hybridized carbons (Fsp3) is 0.889. The molecule has 0 heterocycles. The molecular formula is C9H19CuNS2. The van der Waals surface area contributed by atoms with Gasteiger partial charge in [0.15, 0.2) is 0 Å². The zero-order chi connectivity index (χ0) is 9.40. The van der Waals surface area contributed by atoms with Gasteiger partial charge in [-0.3, -0.25) is 0 Å². The molecular weight excluding hydrogens is 250 g/mol. The summed E-state index contributed by atoms with van der Waals surface area (Å²) in [6.45, 7) is 6.50. The third-order valence-electron chi connectivity index (χ3n) is 1.80. The molecule has 13 heavy (non-hydrogen) atoms. The van der Waals surface area contributed by atoms with Gasteiger partial charge >= 0.3 is 0 Å². The number of nitrogens with zero attached hydrogens (tertiary/aromatic N) is 1. The molecule has 0 unspecified atom stereocenters. The van der Waals surface area contributed by atoms with Crippen molar-refractivity contribution in [1.82, 2.24) is 4.90 Å². The van der Waals surface area contributed by atoms with Crippen LogP contribution < -0.4 is 0 Å². The van der Waals surface area contributed by atoms with E-state index in [-0.39, 0.29) is 17.1 Å². The second-order valence-electron chi connectivity index (χ2n) is 2.98. The molecule has 0 aliphatic heterocycles. The van der Waals surface area contributed by atoms with E-state index in [1.165, 1.54) is 19.3 Å². The van der Waals surface area contributed by atoms with Crippen LogP contribution in [0.1, 0.15) is 39.5 Å². The van der Waals surface area contributed by atoms with Gasteiger partial charge in [-0.05, 0) is 12.8 Å². The number of rotatable bonds is 6. The summed E-state index contributed by atoms with van der Waals surface area (Å²) >= 11 is 9.21. The first kappa shape index (κ1) is 16.2. The molecule has 0 atom stereocenters. The van der Waals surface area contributed by atoms with Crippen molar-refractivity contribution in [3.05, 3.63) is 0 Å². The first-order chi connectivity index (χ1) is 5.72. The molecule has 4 heteroatoms. The van der Waals surface area contributed by atoms with Crippen molar-refractivity contribution in [2.75, 3.05) is 13.1 Å². The largest absolute Gasteiger partial charge is 0.358 e. The molecule has 0 amide bonds. The van der Waals surface area contributed by atoms with E-state index in [0.717, 1.165) is 23.8 Å². The molecule has 0 N–H and O–H groups in total. The van der Waals surface area contributed by atoms with Crippen molar-refractivity contribution in [3.63, 3.8) is 0 Å². The van der Waals surface area contributed by atoms with E-state index < -0.39 is 0 Å². The maximum absolute atomic E-state index is 5.02. The molecule has 0 aliphatic rings. The number of hydrogen-bond donors (Lipinski definition) is 1. The Kier molecular flexibility index (Phi) is 13.5. The van der Waals surface area contributed by atoms with Crippen molar-refractivity contribution < 1.29 is 17.1 Å². The van der Waals surface area contributed by atoms with Gasteiger partial charge in [-0.1, -0.05) is 38.9 Å². The number of thiocarbonyl (C=S) groups is 1. The van der Waals surface area contributed by atoms with E-state index in [0.29, 0.717) is 0 Å². The molecule has 0 rings (SSSR count). The van der Waals surface area contributed by atoms with Crippen molar-refractivity contribution in [3.8, 4) is 0 Å². The zero-order valence-electron chi connectivity index (χ0n) is 8.35. The quantitative estimate of drug-likeness (QED) is 0.341. The van der Waals surface area contributed by atoms with Gasteiger partial charge in [0.1, 0.15) is 4.32 Å². The Balaban J connectivity index is 0. The predicted octanol–water partition coefficient (Wildman–Crippen LogP) is 3.10. The van der Waals surface area contributed by atoms with Gasteiger partial charge in [-0.15, -0.1) is 12.6 Å². The molecule has 0 aromatic rings. The molecule has 0 aromatic heterocycles. The summed E-state index contributed by atoms with van der Waals surface area (Å²) in [6.07, 6.45) is 4.93. The van der Waals surface area contributed by atoms with Crippen LogP contribution in [0.2, 0.25) is 0 Å². The molecule has 0 saturated heterocycles. The van der Waals surface area contributed by atoms with Crippen molar-refractivity contribution in [2.45, 2.75) is 39.5 Å². The van der Waals surface area contributed by atoms with Crippen LogP contribution in [-0.2, 0) is 17.1 Å². The van der Waals surface area contributed by atoms with Gasteiger partial charge in [0, 0.05) is 30.2 Å². The maximum atomic E-state index is 5.02. The Hall–Kier alpha value is 0.759. The van der Waals surface area contributed by atoms with Crippen LogP contribution in [-0.4, -0.2) is 22.3 Å². The van der Waals surface area contributed by atoms with E-state index in [9.17, 15) is 0 Å². The first-order valence-electron chi connectivity index (χ1n) is 4.70. The third-order valence-corrected chi connectivity index (χ3v) is 2.34. The SMILES string of the molecule is CCCCCN(CCC)C(=S)S.[Cu]. The summed E-state index contributed by atoms with van der Waals surface area (Å²) in [4.78, 5) is 2.17. The van der Waals surface area contributed by atoms with Gasteiger partial charge in [-0.2, -0.15) is 0 Å². The van der Waals surface area contributed by atoms with Crippen LogP contribution in [0.25, 0.3) is 0 Å². The van der Waals surface area contributed by atoms with Gasteiger partial charge in [0.25, 0.3) is 0 Å². The Morgan fingerprint density at radius 2 is 1.77 bits per heavy atom. The Labute approximate surface area is 104 Å². The topological polar surface area (TPSA) is 3.24 Å². The average Bonchev–Trinajstić information content (AvgIpc) is 2.03. The normalized spacial score (nSPS) is 9.15. The Morgan fingerprint density at radius 3 is 2.15 bits per heavy atom. The van der Waals surface area contributed by atoms with Gasteiger partial charge in [0.05, 0.1) is 0 Å². The van der Waals surface area contributed by atoms with Crippen molar-refractivity contribution in [2.24, 2.45) is 0 Å². The number of hydrogen-bond acceptors (Lipinski definition) is 1. The molecule has 0 saturated carbocycles. The molecule has 83 valence electrons. The van der Waals surface area contributed by atoms with Crippen molar-refractivity contribution in [1.29, 1.82) is 0 Å². The first-order valence-corrected chi connectivity index (χ1v) is 5.55. The number of thiol groups is 1. The molecule has 1 nitrogen and oxygen atoms in total. The zero-order valence-corrected chi connectivity index (χ0v) is 11.0. The van der Waals surface area contributed by atoms with Crippen LogP contribution in [0.3, 0.4) is 0 Å². The van der Waals surface area contributed by atoms with Gasteiger partial charge < -0.3 is 4.90 Å². The second kappa shape index (κ2) is 10.8. The predicted molar refractivity (Wildman–Crippen MR) is 63.0 cm³/mol. The van der Waals surface area contributed by atoms with Crippen LogP contribution in [0.15, 0.2) is 0 Å². The van der Waals surface area contributed by atoms with E-state index in [2.05, 4.69) is 31.4 Å².